The first-order valence-electron chi connectivity index (χ1n) is 5.74. The van der Waals surface area contributed by atoms with Crippen LogP contribution in [0.4, 0.5) is 0 Å². The van der Waals surface area contributed by atoms with Gasteiger partial charge in [-0.3, -0.25) is 14.9 Å². The van der Waals surface area contributed by atoms with E-state index >= 15 is 0 Å². The number of hydrogen-bond donors (Lipinski definition) is 3. The molecule has 5 nitrogen and oxygen atoms in total. The van der Waals surface area contributed by atoms with Gasteiger partial charge >= 0.3 is 5.97 Å². The summed E-state index contributed by atoms with van der Waals surface area (Å²) in [7, 11) is 1.55. The summed E-state index contributed by atoms with van der Waals surface area (Å²) >= 11 is 0. The summed E-state index contributed by atoms with van der Waals surface area (Å²) in [5.41, 5.74) is -0.913. The van der Waals surface area contributed by atoms with Crippen LogP contribution in [0.1, 0.15) is 39.0 Å². The maximum absolute atomic E-state index is 11.4. The van der Waals surface area contributed by atoms with Crippen LogP contribution in [-0.4, -0.2) is 35.6 Å². The fourth-order valence-corrected chi connectivity index (χ4v) is 2.27. The molecule has 1 saturated carbocycles. The van der Waals surface area contributed by atoms with Gasteiger partial charge in [0, 0.05) is 7.05 Å². The largest absolute Gasteiger partial charge is 0.480 e. The molecule has 0 spiro atoms. The molecule has 0 aromatic heterocycles. The van der Waals surface area contributed by atoms with Crippen LogP contribution in [0.5, 0.6) is 0 Å². The number of carboxylic acids is 1. The fraction of sp³-hybridized carbons (Fsp3) is 0.818. The van der Waals surface area contributed by atoms with Gasteiger partial charge in [-0.25, -0.2) is 0 Å². The molecule has 0 bridgehead atoms. The van der Waals surface area contributed by atoms with Crippen molar-refractivity contribution in [2.75, 3.05) is 7.05 Å². The van der Waals surface area contributed by atoms with Crippen LogP contribution in [0.3, 0.4) is 0 Å². The lowest BCUT2D eigenvalue weighted by Gasteiger charge is -2.36. The molecule has 92 valence electrons. The fourth-order valence-electron chi connectivity index (χ4n) is 2.27. The van der Waals surface area contributed by atoms with Crippen molar-refractivity contribution < 1.29 is 14.7 Å². The predicted octanol–water partition coefficient (Wildman–Crippen LogP) is 0.498. The summed E-state index contributed by atoms with van der Waals surface area (Å²) in [4.78, 5) is 22.7. The molecular formula is C11H20N2O3. The lowest BCUT2D eigenvalue weighted by Crippen LogP contribution is -2.59. The van der Waals surface area contributed by atoms with Crippen LogP contribution in [0.2, 0.25) is 0 Å². The van der Waals surface area contributed by atoms with Crippen LogP contribution in [-0.2, 0) is 9.59 Å². The molecule has 1 amide bonds. The lowest BCUT2D eigenvalue weighted by molar-refractivity contribution is -0.147. The van der Waals surface area contributed by atoms with Gasteiger partial charge in [-0.1, -0.05) is 19.3 Å². The third-order valence-electron chi connectivity index (χ3n) is 3.25. The molecule has 1 rings (SSSR count). The van der Waals surface area contributed by atoms with E-state index in [4.69, 9.17) is 0 Å². The molecule has 0 aromatic carbocycles. The summed E-state index contributed by atoms with van der Waals surface area (Å²) in [6.45, 7) is 1.69. The van der Waals surface area contributed by atoms with E-state index in [1.807, 2.05) is 0 Å². The second-order valence-corrected chi connectivity index (χ2v) is 4.43. The second-order valence-electron chi connectivity index (χ2n) is 4.43. The van der Waals surface area contributed by atoms with Gasteiger partial charge in [-0.15, -0.1) is 0 Å². The predicted molar refractivity (Wildman–Crippen MR) is 60.1 cm³/mol. The Morgan fingerprint density at radius 3 is 2.25 bits per heavy atom. The molecule has 5 heteroatoms. The van der Waals surface area contributed by atoms with Crippen LogP contribution in [0.15, 0.2) is 0 Å². The minimum atomic E-state index is -0.913. The normalized spacial score (nSPS) is 21.1. The van der Waals surface area contributed by atoms with Crippen molar-refractivity contribution in [1.82, 2.24) is 10.6 Å². The van der Waals surface area contributed by atoms with E-state index in [0.717, 1.165) is 19.3 Å². The zero-order valence-electron chi connectivity index (χ0n) is 9.88. The van der Waals surface area contributed by atoms with E-state index in [1.54, 1.807) is 14.0 Å². The number of rotatable bonds is 4. The number of amides is 1. The molecule has 0 aliphatic heterocycles. The zero-order chi connectivity index (χ0) is 12.2. The van der Waals surface area contributed by atoms with Gasteiger partial charge in [0.1, 0.15) is 5.54 Å². The van der Waals surface area contributed by atoms with Gasteiger partial charge in [-0.2, -0.15) is 0 Å². The first kappa shape index (κ1) is 13.0. The van der Waals surface area contributed by atoms with E-state index in [9.17, 15) is 14.7 Å². The van der Waals surface area contributed by atoms with E-state index in [2.05, 4.69) is 10.6 Å². The SMILES string of the molecule is CNC(=O)C(C)NC1(C(=O)O)CCCCC1. The van der Waals surface area contributed by atoms with Crippen molar-refractivity contribution in [1.29, 1.82) is 0 Å². The Morgan fingerprint density at radius 2 is 1.81 bits per heavy atom. The van der Waals surface area contributed by atoms with Crippen LogP contribution >= 0.6 is 0 Å². The Labute approximate surface area is 95.6 Å². The quantitative estimate of drug-likeness (QED) is 0.654. The molecule has 1 fully saturated rings. The molecule has 3 N–H and O–H groups in total. The van der Waals surface area contributed by atoms with Crippen molar-refractivity contribution in [3.63, 3.8) is 0 Å². The highest BCUT2D eigenvalue weighted by Crippen LogP contribution is 2.28. The Kier molecular flexibility index (Phi) is 4.29. The zero-order valence-corrected chi connectivity index (χ0v) is 9.88. The van der Waals surface area contributed by atoms with E-state index in [1.165, 1.54) is 0 Å². The molecule has 1 atom stereocenters. The lowest BCUT2D eigenvalue weighted by atomic mass is 9.81. The van der Waals surface area contributed by atoms with E-state index in [0.29, 0.717) is 12.8 Å². The van der Waals surface area contributed by atoms with Crippen LogP contribution in [0.25, 0.3) is 0 Å². The standard InChI is InChI=1S/C11H20N2O3/c1-8(9(14)12-2)13-11(10(15)16)6-4-3-5-7-11/h8,13H,3-7H2,1-2H3,(H,12,14)(H,15,16). The highest BCUT2D eigenvalue weighted by Gasteiger charge is 2.41. The van der Waals surface area contributed by atoms with Crippen molar-refractivity contribution in [2.24, 2.45) is 0 Å². The number of nitrogens with one attached hydrogen (secondary N) is 2. The van der Waals surface area contributed by atoms with Gasteiger partial charge in [0.2, 0.25) is 5.91 Å². The molecule has 1 unspecified atom stereocenters. The molecule has 0 aromatic rings. The molecule has 1 aliphatic rings. The highest BCUT2D eigenvalue weighted by atomic mass is 16.4. The number of carbonyl (C=O) groups is 2. The van der Waals surface area contributed by atoms with Gasteiger partial charge in [0.25, 0.3) is 0 Å². The Bertz CT molecular complexity index is 272. The molecule has 0 radical (unpaired) electrons. The van der Waals surface area contributed by atoms with Gasteiger partial charge in [0.05, 0.1) is 6.04 Å². The van der Waals surface area contributed by atoms with Crippen LogP contribution < -0.4 is 10.6 Å². The third kappa shape index (κ3) is 2.72. The summed E-state index contributed by atoms with van der Waals surface area (Å²) in [5, 5.41) is 14.8. The number of carbonyl (C=O) groups excluding carboxylic acids is 1. The molecule has 0 saturated heterocycles. The number of aliphatic carboxylic acids is 1. The van der Waals surface area contributed by atoms with E-state index in [-0.39, 0.29) is 5.91 Å². The van der Waals surface area contributed by atoms with Gasteiger partial charge in [0.15, 0.2) is 0 Å². The minimum absolute atomic E-state index is 0.175. The molecular weight excluding hydrogens is 208 g/mol. The topological polar surface area (TPSA) is 78.4 Å². The first-order chi connectivity index (χ1) is 7.52. The minimum Gasteiger partial charge on any atom is -0.480 e. The maximum Gasteiger partial charge on any atom is 0.323 e. The molecule has 16 heavy (non-hydrogen) atoms. The highest BCUT2D eigenvalue weighted by molar-refractivity contribution is 5.84. The first-order valence-corrected chi connectivity index (χ1v) is 5.74. The third-order valence-corrected chi connectivity index (χ3v) is 3.25. The summed E-state index contributed by atoms with van der Waals surface area (Å²) < 4.78 is 0. The maximum atomic E-state index is 11.4. The Balaban J connectivity index is 2.71. The summed E-state index contributed by atoms with van der Waals surface area (Å²) in [5.74, 6) is -1.02. The average molecular weight is 228 g/mol. The van der Waals surface area contributed by atoms with Crippen LogP contribution in [0, 0.1) is 0 Å². The van der Waals surface area contributed by atoms with E-state index < -0.39 is 17.6 Å². The van der Waals surface area contributed by atoms with Crippen molar-refractivity contribution in [2.45, 2.75) is 50.6 Å². The molecule has 1 aliphatic carbocycles. The van der Waals surface area contributed by atoms with Crippen molar-refractivity contribution >= 4 is 11.9 Å². The Morgan fingerprint density at radius 1 is 1.25 bits per heavy atom. The summed E-state index contributed by atoms with van der Waals surface area (Å²) in [6.07, 6.45) is 4.08. The number of likely N-dealkylation sites (N-methyl/N-ethyl adjacent to an activating group) is 1. The Hall–Kier alpha value is -1.10. The smallest absolute Gasteiger partial charge is 0.323 e. The average Bonchev–Trinajstić information content (AvgIpc) is 2.28. The number of carboxylic acid groups (broad SMARTS) is 1. The monoisotopic (exact) mass is 228 g/mol. The van der Waals surface area contributed by atoms with Crippen molar-refractivity contribution in [3.05, 3.63) is 0 Å². The number of hydrogen-bond acceptors (Lipinski definition) is 3. The van der Waals surface area contributed by atoms with Gasteiger partial charge in [-0.05, 0) is 19.8 Å². The van der Waals surface area contributed by atoms with Crippen molar-refractivity contribution in [3.8, 4) is 0 Å². The van der Waals surface area contributed by atoms with Gasteiger partial charge < -0.3 is 10.4 Å². The molecule has 0 heterocycles. The summed E-state index contributed by atoms with van der Waals surface area (Å²) in [6, 6.07) is -0.473. The second kappa shape index (κ2) is 5.30.